The Bertz CT molecular complexity index is 139. The van der Waals surface area contributed by atoms with Gasteiger partial charge in [0.15, 0.2) is 12.4 Å². The second-order valence-electron chi connectivity index (χ2n) is 1.55. The molecule has 0 aliphatic carbocycles. The molecule has 1 aliphatic rings. The molecule has 1 heterocycles. The molecule has 0 saturated carbocycles. The Hall–Kier alpha value is -0.565. The Morgan fingerprint density at radius 2 is 2.43 bits per heavy atom. The lowest BCUT2D eigenvalue weighted by Gasteiger charge is -1.97. The predicted molar refractivity (Wildman–Crippen MR) is 28.3 cm³/mol. The lowest BCUT2D eigenvalue weighted by Crippen LogP contribution is -2.16. The van der Waals surface area contributed by atoms with Crippen molar-refractivity contribution >= 4 is 13.7 Å². The number of hydrogen-bond acceptors (Lipinski definition) is 1. The van der Waals surface area contributed by atoms with Crippen molar-refractivity contribution in [2.45, 2.75) is 0 Å². The first-order valence-corrected chi connectivity index (χ1v) is 2.09. The third-order valence-corrected chi connectivity index (χ3v) is 0.854. The van der Waals surface area contributed by atoms with Crippen LogP contribution in [-0.2, 0) is 0 Å². The minimum Gasteiger partial charge on any atom is -0.449 e. The molecular formula is C4H6BNO+. The topological polar surface area (TPSA) is 23.2 Å². The Labute approximate surface area is 43.1 Å². The van der Waals surface area contributed by atoms with Crippen LogP contribution >= 0.6 is 0 Å². The summed E-state index contributed by atoms with van der Waals surface area (Å²) >= 11 is 0. The molecular weight excluding hydrogens is 88.9 g/mol. The molecule has 3 heteroatoms. The second kappa shape index (κ2) is 1.50. The highest BCUT2D eigenvalue weighted by molar-refractivity contribution is 6.44. The number of nitrogens with zero attached hydrogens (tertiary/aromatic N) is 1. The lowest BCUT2D eigenvalue weighted by atomic mass is 9.87. The lowest BCUT2D eigenvalue weighted by molar-refractivity contribution is -0.427. The van der Waals surface area contributed by atoms with Crippen molar-refractivity contribution in [3.05, 3.63) is 11.7 Å². The van der Waals surface area contributed by atoms with Crippen LogP contribution in [-0.4, -0.2) is 30.3 Å². The van der Waals surface area contributed by atoms with Crippen LogP contribution < -0.4 is 0 Å². The Morgan fingerprint density at radius 3 is 2.57 bits per heavy atom. The van der Waals surface area contributed by atoms with E-state index in [0.29, 0.717) is 0 Å². The number of hydrogen-bond donors (Lipinski definition) is 1. The highest BCUT2D eigenvalue weighted by atomic mass is 16.2. The van der Waals surface area contributed by atoms with Gasteiger partial charge in [0.05, 0.1) is 5.47 Å². The summed E-state index contributed by atoms with van der Waals surface area (Å²) in [5.74, 6) is 0. The zero-order valence-corrected chi connectivity index (χ0v) is 4.13. The zero-order valence-electron chi connectivity index (χ0n) is 4.13. The summed E-state index contributed by atoms with van der Waals surface area (Å²) in [5, 5.41) is 8.25. The van der Waals surface area contributed by atoms with Crippen molar-refractivity contribution in [2.24, 2.45) is 0 Å². The van der Waals surface area contributed by atoms with E-state index in [1.807, 2.05) is 24.0 Å². The first-order valence-electron chi connectivity index (χ1n) is 2.09. The summed E-state index contributed by atoms with van der Waals surface area (Å²) in [6, 6.07) is 0. The van der Waals surface area contributed by atoms with Gasteiger partial charge in [-0.1, -0.05) is 0 Å². The number of rotatable bonds is 1. The van der Waals surface area contributed by atoms with Gasteiger partial charge in [0.1, 0.15) is 7.05 Å². The SMILES string of the molecule is C[N+]1=CC([B]O)=C1. The van der Waals surface area contributed by atoms with E-state index in [1.165, 1.54) is 0 Å². The fourth-order valence-corrected chi connectivity index (χ4v) is 0.525. The van der Waals surface area contributed by atoms with Crippen LogP contribution in [0.1, 0.15) is 0 Å². The molecule has 0 aromatic rings. The molecule has 0 unspecified atom stereocenters. The molecule has 1 radical (unpaired) electrons. The van der Waals surface area contributed by atoms with E-state index in [4.69, 9.17) is 5.02 Å². The van der Waals surface area contributed by atoms with Gasteiger partial charge in [-0.2, -0.15) is 0 Å². The molecule has 35 valence electrons. The van der Waals surface area contributed by atoms with Gasteiger partial charge in [-0.05, 0) is 0 Å². The van der Waals surface area contributed by atoms with Crippen molar-refractivity contribution in [1.29, 1.82) is 0 Å². The molecule has 0 aromatic carbocycles. The third-order valence-electron chi connectivity index (χ3n) is 0.854. The molecule has 0 fully saturated rings. The molecule has 0 amide bonds. The molecule has 0 spiro atoms. The summed E-state index contributed by atoms with van der Waals surface area (Å²) in [4.78, 5) is 0. The van der Waals surface area contributed by atoms with Gasteiger partial charge >= 0.3 is 7.48 Å². The summed E-state index contributed by atoms with van der Waals surface area (Å²) in [5.41, 5.74) is 0.877. The van der Waals surface area contributed by atoms with E-state index >= 15 is 0 Å². The van der Waals surface area contributed by atoms with Gasteiger partial charge in [-0.15, -0.1) is 0 Å². The van der Waals surface area contributed by atoms with Gasteiger partial charge < -0.3 is 5.02 Å². The molecule has 7 heavy (non-hydrogen) atoms. The summed E-state index contributed by atoms with van der Waals surface area (Å²) < 4.78 is 1.88. The van der Waals surface area contributed by atoms with E-state index < -0.39 is 0 Å². The smallest absolute Gasteiger partial charge is 0.341 e. The maximum Gasteiger partial charge on any atom is 0.341 e. The normalized spacial score (nSPS) is 16.9. The molecule has 0 saturated heterocycles. The summed E-state index contributed by atoms with van der Waals surface area (Å²) in [6.07, 6.45) is 3.67. The molecule has 1 aliphatic heterocycles. The Kier molecular flexibility index (Phi) is 0.985. The maximum atomic E-state index is 8.25. The fourth-order valence-electron chi connectivity index (χ4n) is 0.525. The third kappa shape index (κ3) is 0.720. The van der Waals surface area contributed by atoms with E-state index in [0.717, 1.165) is 13.0 Å². The standard InChI is InChI=1S/C4H6BNO/c1-6-2-4(3-6)5-7/h2-3,7H,1H3/q+1. The second-order valence-corrected chi connectivity index (χ2v) is 1.55. The van der Waals surface area contributed by atoms with E-state index in [1.54, 1.807) is 0 Å². The van der Waals surface area contributed by atoms with Crippen molar-refractivity contribution in [3.8, 4) is 0 Å². The van der Waals surface area contributed by atoms with Gasteiger partial charge in [0, 0.05) is 0 Å². The Balaban J connectivity index is 2.41. The molecule has 1 rings (SSSR count). The zero-order chi connectivity index (χ0) is 5.28. The van der Waals surface area contributed by atoms with Crippen LogP contribution in [0.4, 0.5) is 0 Å². The number of allylic oxidation sites excluding steroid dienone is 1. The van der Waals surface area contributed by atoms with Crippen molar-refractivity contribution in [3.63, 3.8) is 0 Å². The molecule has 1 N–H and O–H groups in total. The van der Waals surface area contributed by atoms with Gasteiger partial charge in [0.2, 0.25) is 0 Å². The van der Waals surface area contributed by atoms with Crippen LogP contribution in [0, 0.1) is 0 Å². The highest BCUT2D eigenvalue weighted by Gasteiger charge is 2.11. The first kappa shape index (κ1) is 4.59. The maximum absolute atomic E-state index is 8.25. The minimum atomic E-state index is 0.877. The molecule has 0 aromatic heterocycles. The van der Waals surface area contributed by atoms with Crippen molar-refractivity contribution < 1.29 is 9.60 Å². The van der Waals surface area contributed by atoms with Crippen LogP contribution in [0.5, 0.6) is 0 Å². The summed E-state index contributed by atoms with van der Waals surface area (Å²) in [7, 11) is 2.99. The molecule has 0 bridgehead atoms. The fraction of sp³-hybridized carbons (Fsp3) is 0.250. The average molecular weight is 94.9 g/mol. The van der Waals surface area contributed by atoms with E-state index in [-0.39, 0.29) is 0 Å². The van der Waals surface area contributed by atoms with Gasteiger partial charge in [0.25, 0.3) is 0 Å². The van der Waals surface area contributed by atoms with Crippen LogP contribution in [0.2, 0.25) is 0 Å². The van der Waals surface area contributed by atoms with Crippen LogP contribution in [0.3, 0.4) is 0 Å². The van der Waals surface area contributed by atoms with Crippen LogP contribution in [0.25, 0.3) is 0 Å². The first-order chi connectivity index (χ1) is 3.33. The van der Waals surface area contributed by atoms with Crippen molar-refractivity contribution in [1.82, 2.24) is 0 Å². The van der Waals surface area contributed by atoms with Gasteiger partial charge in [-0.25, -0.2) is 4.58 Å². The largest absolute Gasteiger partial charge is 0.449 e. The minimum absolute atomic E-state index is 0.877. The molecule has 0 atom stereocenters. The van der Waals surface area contributed by atoms with E-state index in [9.17, 15) is 0 Å². The quantitative estimate of drug-likeness (QED) is 0.333. The molecule has 2 nitrogen and oxygen atoms in total. The average Bonchev–Trinajstić information content (AvgIpc) is 1.58. The van der Waals surface area contributed by atoms with Crippen LogP contribution in [0.15, 0.2) is 11.7 Å². The predicted octanol–water partition coefficient (Wildman–Crippen LogP) is -0.834. The van der Waals surface area contributed by atoms with E-state index in [2.05, 4.69) is 0 Å². The Morgan fingerprint density at radius 1 is 1.86 bits per heavy atom. The van der Waals surface area contributed by atoms with Gasteiger partial charge in [-0.3, -0.25) is 0 Å². The monoisotopic (exact) mass is 95.1 g/mol. The highest BCUT2D eigenvalue weighted by Crippen LogP contribution is 1.94. The summed E-state index contributed by atoms with van der Waals surface area (Å²) in [6.45, 7) is 0. The van der Waals surface area contributed by atoms with Crippen molar-refractivity contribution in [2.75, 3.05) is 7.05 Å².